The second-order valence-corrected chi connectivity index (χ2v) is 4.29. The lowest BCUT2D eigenvalue weighted by atomic mass is 10.1. The molecule has 2 aromatic carbocycles. The first kappa shape index (κ1) is 14.8. The largest absolute Gasteiger partial charge is 0.493 e. The van der Waals surface area contributed by atoms with Gasteiger partial charge in [-0.2, -0.15) is 0 Å². The molecule has 0 N–H and O–H groups in total. The number of ketones is 1. The molecule has 2 rings (SSSR count). The van der Waals surface area contributed by atoms with Gasteiger partial charge < -0.3 is 9.47 Å². The van der Waals surface area contributed by atoms with Crippen LogP contribution in [0.25, 0.3) is 6.08 Å². The van der Waals surface area contributed by atoms with E-state index in [9.17, 15) is 9.18 Å². The first-order valence-electron chi connectivity index (χ1n) is 6.34. The lowest BCUT2D eigenvalue weighted by Gasteiger charge is -2.09. The van der Waals surface area contributed by atoms with E-state index in [0.717, 1.165) is 0 Å². The minimum Gasteiger partial charge on any atom is -0.493 e. The minimum atomic E-state index is -0.437. The molecule has 0 spiro atoms. The van der Waals surface area contributed by atoms with Gasteiger partial charge >= 0.3 is 0 Å². The highest BCUT2D eigenvalue weighted by Gasteiger charge is 2.08. The highest BCUT2D eigenvalue weighted by molar-refractivity contribution is 6.06. The molecule has 21 heavy (non-hydrogen) atoms. The van der Waals surface area contributed by atoms with E-state index in [2.05, 4.69) is 0 Å². The molecule has 0 saturated heterocycles. The number of ether oxygens (including phenoxy) is 2. The van der Waals surface area contributed by atoms with Crippen LogP contribution >= 0.6 is 0 Å². The van der Waals surface area contributed by atoms with Gasteiger partial charge in [0.2, 0.25) is 0 Å². The van der Waals surface area contributed by atoms with Gasteiger partial charge in [-0.1, -0.05) is 24.3 Å². The van der Waals surface area contributed by atoms with E-state index < -0.39 is 5.82 Å². The number of methoxy groups -OCH3 is 2. The summed E-state index contributed by atoms with van der Waals surface area (Å²) >= 11 is 0. The molecular weight excluding hydrogens is 271 g/mol. The van der Waals surface area contributed by atoms with Crippen LogP contribution in [-0.4, -0.2) is 20.0 Å². The molecule has 0 saturated carbocycles. The number of carbonyl (C=O) groups is 1. The average Bonchev–Trinajstić information content (AvgIpc) is 2.51. The summed E-state index contributed by atoms with van der Waals surface area (Å²) in [6.07, 6.45) is 3.00. The summed E-state index contributed by atoms with van der Waals surface area (Å²) in [5.74, 6) is 0.411. The third-order valence-electron chi connectivity index (χ3n) is 2.96. The fraction of sp³-hybridized carbons (Fsp3) is 0.118. The SMILES string of the molecule is COc1cccc(/C=C/C(=O)c2cccc(F)c2)c1OC. The second kappa shape index (κ2) is 6.70. The van der Waals surface area contributed by atoms with E-state index in [1.165, 1.54) is 31.4 Å². The summed E-state index contributed by atoms with van der Waals surface area (Å²) < 4.78 is 23.6. The van der Waals surface area contributed by atoms with E-state index in [-0.39, 0.29) is 5.78 Å². The van der Waals surface area contributed by atoms with Gasteiger partial charge in [0.25, 0.3) is 0 Å². The molecule has 0 aliphatic rings. The van der Waals surface area contributed by atoms with Gasteiger partial charge in [-0.05, 0) is 30.4 Å². The van der Waals surface area contributed by atoms with E-state index >= 15 is 0 Å². The Morgan fingerprint density at radius 3 is 2.52 bits per heavy atom. The molecule has 0 atom stereocenters. The monoisotopic (exact) mass is 286 g/mol. The van der Waals surface area contributed by atoms with E-state index in [1.54, 1.807) is 37.5 Å². The number of rotatable bonds is 5. The topological polar surface area (TPSA) is 35.5 Å². The molecular formula is C17H15FO3. The first-order valence-corrected chi connectivity index (χ1v) is 6.34. The molecule has 0 aliphatic heterocycles. The Bertz CT molecular complexity index is 677. The van der Waals surface area contributed by atoms with E-state index in [0.29, 0.717) is 22.6 Å². The first-order chi connectivity index (χ1) is 10.2. The van der Waals surface area contributed by atoms with Crippen LogP contribution in [0, 0.1) is 5.82 Å². The zero-order chi connectivity index (χ0) is 15.2. The molecule has 4 heteroatoms. The van der Waals surface area contributed by atoms with Gasteiger partial charge in [0.15, 0.2) is 17.3 Å². The Morgan fingerprint density at radius 2 is 1.86 bits per heavy atom. The lowest BCUT2D eigenvalue weighted by molar-refractivity contribution is 0.104. The van der Waals surface area contributed by atoms with Crippen molar-refractivity contribution in [3.63, 3.8) is 0 Å². The smallest absolute Gasteiger partial charge is 0.185 e. The van der Waals surface area contributed by atoms with E-state index in [4.69, 9.17) is 9.47 Å². The maximum absolute atomic E-state index is 13.1. The van der Waals surface area contributed by atoms with Crippen LogP contribution in [-0.2, 0) is 0 Å². The van der Waals surface area contributed by atoms with Crippen molar-refractivity contribution < 1.29 is 18.7 Å². The zero-order valence-electron chi connectivity index (χ0n) is 11.8. The molecule has 108 valence electrons. The number of hydrogen-bond donors (Lipinski definition) is 0. The van der Waals surface area contributed by atoms with Gasteiger partial charge in [-0.15, -0.1) is 0 Å². The zero-order valence-corrected chi connectivity index (χ0v) is 11.8. The van der Waals surface area contributed by atoms with Crippen LogP contribution in [0.15, 0.2) is 48.5 Å². The number of benzene rings is 2. The number of para-hydroxylation sites is 1. The van der Waals surface area contributed by atoms with Gasteiger partial charge in [0.1, 0.15) is 5.82 Å². The molecule has 0 heterocycles. The molecule has 0 bridgehead atoms. The van der Waals surface area contributed by atoms with Crippen molar-refractivity contribution in [3.05, 3.63) is 65.5 Å². The van der Waals surface area contributed by atoms with Crippen LogP contribution in [0.5, 0.6) is 11.5 Å². The van der Waals surface area contributed by atoms with Crippen molar-refractivity contribution in [2.24, 2.45) is 0 Å². The third kappa shape index (κ3) is 3.48. The number of carbonyl (C=O) groups excluding carboxylic acids is 1. The molecule has 2 aromatic rings. The Labute approximate surface area is 122 Å². The lowest BCUT2D eigenvalue weighted by Crippen LogP contribution is -1.96. The van der Waals surface area contributed by atoms with Crippen LogP contribution in [0.1, 0.15) is 15.9 Å². The second-order valence-electron chi connectivity index (χ2n) is 4.29. The van der Waals surface area contributed by atoms with Gasteiger partial charge in [0, 0.05) is 11.1 Å². The summed E-state index contributed by atoms with van der Waals surface area (Å²) in [4.78, 5) is 12.0. The molecule has 3 nitrogen and oxygen atoms in total. The van der Waals surface area contributed by atoms with Gasteiger partial charge in [0.05, 0.1) is 14.2 Å². The summed E-state index contributed by atoms with van der Waals surface area (Å²) in [7, 11) is 3.08. The molecule has 0 amide bonds. The van der Waals surface area contributed by atoms with Crippen molar-refractivity contribution in [2.45, 2.75) is 0 Å². The van der Waals surface area contributed by atoms with Crippen molar-refractivity contribution >= 4 is 11.9 Å². The maximum Gasteiger partial charge on any atom is 0.185 e. The predicted octanol–water partition coefficient (Wildman–Crippen LogP) is 3.74. The third-order valence-corrected chi connectivity index (χ3v) is 2.96. The number of halogens is 1. The Kier molecular flexibility index (Phi) is 4.72. The Morgan fingerprint density at radius 1 is 1.10 bits per heavy atom. The molecule has 0 aliphatic carbocycles. The fourth-order valence-electron chi connectivity index (χ4n) is 1.95. The van der Waals surface area contributed by atoms with Crippen molar-refractivity contribution in [1.82, 2.24) is 0 Å². The molecule has 0 radical (unpaired) electrons. The molecule has 0 aromatic heterocycles. The van der Waals surface area contributed by atoms with Crippen LogP contribution < -0.4 is 9.47 Å². The quantitative estimate of drug-likeness (QED) is 0.620. The summed E-state index contributed by atoms with van der Waals surface area (Å²) in [6, 6.07) is 10.9. The predicted molar refractivity (Wildman–Crippen MR) is 79.3 cm³/mol. The highest BCUT2D eigenvalue weighted by Crippen LogP contribution is 2.31. The summed E-state index contributed by atoms with van der Waals surface area (Å²) in [5.41, 5.74) is 1.01. The van der Waals surface area contributed by atoms with Crippen molar-refractivity contribution in [3.8, 4) is 11.5 Å². The standard InChI is InChI=1S/C17H15FO3/c1-20-16-8-4-5-12(17(16)21-2)9-10-15(19)13-6-3-7-14(18)11-13/h3-11H,1-2H3/b10-9+. The van der Waals surface area contributed by atoms with Crippen LogP contribution in [0.3, 0.4) is 0 Å². The number of hydrogen-bond acceptors (Lipinski definition) is 3. The average molecular weight is 286 g/mol. The molecule has 0 unspecified atom stereocenters. The van der Waals surface area contributed by atoms with Crippen LogP contribution in [0.4, 0.5) is 4.39 Å². The summed E-state index contributed by atoms with van der Waals surface area (Å²) in [6.45, 7) is 0. The molecule has 0 fully saturated rings. The Balaban J connectivity index is 2.27. The van der Waals surface area contributed by atoms with Gasteiger partial charge in [-0.25, -0.2) is 4.39 Å². The normalized spacial score (nSPS) is 10.6. The fourth-order valence-corrected chi connectivity index (χ4v) is 1.95. The van der Waals surface area contributed by atoms with Crippen molar-refractivity contribution in [1.29, 1.82) is 0 Å². The van der Waals surface area contributed by atoms with Crippen molar-refractivity contribution in [2.75, 3.05) is 14.2 Å². The van der Waals surface area contributed by atoms with Gasteiger partial charge in [-0.3, -0.25) is 4.79 Å². The Hall–Kier alpha value is -2.62. The number of allylic oxidation sites excluding steroid dienone is 1. The summed E-state index contributed by atoms with van der Waals surface area (Å²) in [5, 5.41) is 0. The van der Waals surface area contributed by atoms with E-state index in [1.807, 2.05) is 0 Å². The minimum absolute atomic E-state index is 0.278. The maximum atomic E-state index is 13.1. The highest BCUT2D eigenvalue weighted by atomic mass is 19.1. The van der Waals surface area contributed by atoms with Crippen LogP contribution in [0.2, 0.25) is 0 Å².